The number of rotatable bonds is 2. The van der Waals surface area contributed by atoms with Gasteiger partial charge >= 0.3 is 0 Å². The third kappa shape index (κ3) is 2.13. The quantitative estimate of drug-likeness (QED) is 0.505. The Hall–Kier alpha value is -2.50. The first kappa shape index (κ1) is 12.0. The minimum atomic E-state index is -0.817. The molecule has 0 radical (unpaired) electrons. The third-order valence-corrected chi connectivity index (χ3v) is 2.47. The highest BCUT2D eigenvalue weighted by atomic mass is 19.1. The molecule has 2 rings (SSSR count). The van der Waals surface area contributed by atoms with Crippen LogP contribution in [0.1, 0.15) is 0 Å². The molecule has 0 amide bonds. The van der Waals surface area contributed by atoms with E-state index in [0.29, 0.717) is 6.07 Å². The molecule has 0 unspecified atom stereocenters. The molecule has 0 aliphatic carbocycles. The first-order valence-corrected chi connectivity index (χ1v) is 4.98. The molecule has 92 valence electrons. The Kier molecular flexibility index (Phi) is 2.93. The van der Waals surface area contributed by atoms with Gasteiger partial charge in [0, 0.05) is 35.0 Å². The van der Waals surface area contributed by atoms with Gasteiger partial charge in [0.05, 0.1) is 4.92 Å². The van der Waals surface area contributed by atoms with E-state index in [1.165, 1.54) is 18.2 Å². The zero-order valence-electron chi connectivity index (χ0n) is 9.06. The Labute approximate surface area is 101 Å². The van der Waals surface area contributed by atoms with E-state index in [1.54, 1.807) is 0 Å². The van der Waals surface area contributed by atoms with Crippen LogP contribution in [0, 0.1) is 21.7 Å². The number of hydrogen-bond donors (Lipinski definition) is 1. The molecule has 0 aliphatic rings. The second-order valence-corrected chi connectivity index (χ2v) is 3.65. The molecule has 0 bridgehead atoms. The number of non-ortho nitro benzene ring substituents is 1. The van der Waals surface area contributed by atoms with Crippen molar-refractivity contribution in [2.24, 2.45) is 0 Å². The van der Waals surface area contributed by atoms with Crippen LogP contribution in [-0.2, 0) is 0 Å². The first-order valence-electron chi connectivity index (χ1n) is 4.98. The monoisotopic (exact) mass is 250 g/mol. The SMILES string of the molecule is Nc1ccc([N+](=O)[O-])cc1-c1ccc(F)cc1F. The van der Waals surface area contributed by atoms with Gasteiger partial charge in [-0.25, -0.2) is 8.78 Å². The number of nitro benzene ring substituents is 1. The summed E-state index contributed by atoms with van der Waals surface area (Å²) in [6.07, 6.45) is 0. The number of benzene rings is 2. The molecule has 6 heteroatoms. The van der Waals surface area contributed by atoms with E-state index in [0.717, 1.165) is 12.1 Å². The van der Waals surface area contributed by atoms with Crippen LogP contribution in [0.4, 0.5) is 20.2 Å². The summed E-state index contributed by atoms with van der Waals surface area (Å²) in [5.74, 6) is -1.54. The number of nitrogen functional groups attached to an aromatic ring is 1. The third-order valence-electron chi connectivity index (χ3n) is 2.47. The minimum absolute atomic E-state index is 0.0256. The van der Waals surface area contributed by atoms with Gasteiger partial charge in [-0.15, -0.1) is 0 Å². The lowest BCUT2D eigenvalue weighted by Crippen LogP contribution is -1.95. The number of nitro groups is 1. The average Bonchev–Trinajstić information content (AvgIpc) is 2.30. The van der Waals surface area contributed by atoms with E-state index in [9.17, 15) is 18.9 Å². The first-order chi connectivity index (χ1) is 8.49. The van der Waals surface area contributed by atoms with Gasteiger partial charge in [0.1, 0.15) is 11.6 Å². The lowest BCUT2D eigenvalue weighted by atomic mass is 10.0. The summed E-state index contributed by atoms with van der Waals surface area (Å²) in [5.41, 5.74) is 5.82. The van der Waals surface area contributed by atoms with Gasteiger partial charge in [-0.3, -0.25) is 10.1 Å². The molecular formula is C12H8F2N2O2. The van der Waals surface area contributed by atoms with E-state index in [2.05, 4.69) is 0 Å². The second kappa shape index (κ2) is 4.40. The highest BCUT2D eigenvalue weighted by Gasteiger charge is 2.14. The Bertz CT molecular complexity index is 629. The topological polar surface area (TPSA) is 69.2 Å². The van der Waals surface area contributed by atoms with Gasteiger partial charge in [-0.2, -0.15) is 0 Å². The van der Waals surface area contributed by atoms with Crippen LogP contribution in [0.5, 0.6) is 0 Å². The van der Waals surface area contributed by atoms with Crippen molar-refractivity contribution in [3.63, 3.8) is 0 Å². The summed E-state index contributed by atoms with van der Waals surface area (Å²) in [7, 11) is 0. The van der Waals surface area contributed by atoms with Crippen molar-refractivity contribution in [3.8, 4) is 11.1 Å². The van der Waals surface area contributed by atoms with Crippen LogP contribution < -0.4 is 5.73 Å². The van der Waals surface area contributed by atoms with Crippen LogP contribution in [0.3, 0.4) is 0 Å². The summed E-state index contributed by atoms with van der Waals surface area (Å²) in [5, 5.41) is 10.6. The zero-order chi connectivity index (χ0) is 13.3. The summed E-state index contributed by atoms with van der Waals surface area (Å²) in [4.78, 5) is 10.0. The number of nitrogens with zero attached hydrogens (tertiary/aromatic N) is 1. The predicted molar refractivity (Wildman–Crippen MR) is 62.9 cm³/mol. The molecule has 0 aromatic heterocycles. The van der Waals surface area contributed by atoms with Crippen molar-refractivity contribution in [2.45, 2.75) is 0 Å². The minimum Gasteiger partial charge on any atom is -0.398 e. The van der Waals surface area contributed by atoms with Crippen molar-refractivity contribution < 1.29 is 13.7 Å². The number of halogens is 2. The zero-order valence-corrected chi connectivity index (χ0v) is 9.06. The fraction of sp³-hybridized carbons (Fsp3) is 0. The number of hydrogen-bond acceptors (Lipinski definition) is 3. The second-order valence-electron chi connectivity index (χ2n) is 3.65. The average molecular weight is 250 g/mol. The maximum atomic E-state index is 13.6. The van der Waals surface area contributed by atoms with Gasteiger partial charge in [0.15, 0.2) is 0 Å². The van der Waals surface area contributed by atoms with E-state index in [1.807, 2.05) is 0 Å². The van der Waals surface area contributed by atoms with Crippen LogP contribution in [0.2, 0.25) is 0 Å². The van der Waals surface area contributed by atoms with Gasteiger partial charge in [0.2, 0.25) is 0 Å². The van der Waals surface area contributed by atoms with E-state index >= 15 is 0 Å². The number of nitrogens with two attached hydrogens (primary N) is 1. The maximum Gasteiger partial charge on any atom is 0.270 e. The fourth-order valence-corrected chi connectivity index (χ4v) is 1.60. The number of anilines is 1. The summed E-state index contributed by atoms with van der Waals surface area (Å²) < 4.78 is 26.4. The van der Waals surface area contributed by atoms with Gasteiger partial charge in [-0.05, 0) is 18.2 Å². The Morgan fingerprint density at radius 2 is 1.78 bits per heavy atom. The molecule has 18 heavy (non-hydrogen) atoms. The van der Waals surface area contributed by atoms with Crippen molar-refractivity contribution in [3.05, 3.63) is 58.1 Å². The molecule has 0 atom stereocenters. The predicted octanol–water partition coefficient (Wildman–Crippen LogP) is 3.12. The Morgan fingerprint density at radius 1 is 1.06 bits per heavy atom. The molecule has 2 aromatic rings. The molecule has 2 N–H and O–H groups in total. The van der Waals surface area contributed by atoms with Crippen molar-refractivity contribution in [1.29, 1.82) is 0 Å². The lowest BCUT2D eigenvalue weighted by molar-refractivity contribution is -0.384. The van der Waals surface area contributed by atoms with Crippen molar-refractivity contribution in [1.82, 2.24) is 0 Å². The highest BCUT2D eigenvalue weighted by molar-refractivity contribution is 5.78. The van der Waals surface area contributed by atoms with Crippen LogP contribution in [-0.4, -0.2) is 4.92 Å². The lowest BCUT2D eigenvalue weighted by Gasteiger charge is -2.07. The molecule has 0 heterocycles. The molecule has 0 spiro atoms. The largest absolute Gasteiger partial charge is 0.398 e. The van der Waals surface area contributed by atoms with E-state index < -0.39 is 16.6 Å². The van der Waals surface area contributed by atoms with Crippen molar-refractivity contribution in [2.75, 3.05) is 5.73 Å². The summed E-state index contributed by atoms with van der Waals surface area (Å²) in [6, 6.07) is 6.66. The molecule has 4 nitrogen and oxygen atoms in total. The van der Waals surface area contributed by atoms with Crippen molar-refractivity contribution >= 4 is 11.4 Å². The van der Waals surface area contributed by atoms with E-state index in [4.69, 9.17) is 5.73 Å². The van der Waals surface area contributed by atoms with Crippen LogP contribution >= 0.6 is 0 Å². The highest BCUT2D eigenvalue weighted by Crippen LogP contribution is 2.31. The molecule has 0 aliphatic heterocycles. The molecule has 0 fully saturated rings. The standard InChI is InChI=1S/C12H8F2N2O2/c13-7-1-3-9(11(14)5-7)10-6-8(16(17)18)2-4-12(10)15/h1-6H,15H2. The molecule has 2 aromatic carbocycles. The van der Waals surface area contributed by atoms with Crippen LogP contribution in [0.15, 0.2) is 36.4 Å². The molecule has 0 saturated heterocycles. The van der Waals surface area contributed by atoms with Gasteiger partial charge in [0.25, 0.3) is 5.69 Å². The van der Waals surface area contributed by atoms with E-state index in [-0.39, 0.29) is 22.5 Å². The molecular weight excluding hydrogens is 242 g/mol. The Morgan fingerprint density at radius 3 is 2.39 bits per heavy atom. The summed E-state index contributed by atoms with van der Waals surface area (Å²) in [6.45, 7) is 0. The normalized spacial score (nSPS) is 10.3. The van der Waals surface area contributed by atoms with Gasteiger partial charge < -0.3 is 5.73 Å². The molecule has 0 saturated carbocycles. The smallest absolute Gasteiger partial charge is 0.270 e. The van der Waals surface area contributed by atoms with Crippen LogP contribution in [0.25, 0.3) is 11.1 Å². The summed E-state index contributed by atoms with van der Waals surface area (Å²) >= 11 is 0. The van der Waals surface area contributed by atoms with Gasteiger partial charge in [-0.1, -0.05) is 0 Å². The Balaban J connectivity index is 2.62. The fourth-order valence-electron chi connectivity index (χ4n) is 1.60. The maximum absolute atomic E-state index is 13.6.